The second-order valence-electron chi connectivity index (χ2n) is 11.0. The minimum atomic E-state index is -1.52. The van der Waals surface area contributed by atoms with Crippen LogP contribution in [0, 0.1) is 11.8 Å². The molecule has 2 bridgehead atoms. The van der Waals surface area contributed by atoms with Gasteiger partial charge in [-0.15, -0.1) is 0 Å². The molecule has 0 aliphatic heterocycles. The number of carbonyl (C=O) groups excluding carboxylic acids is 1. The summed E-state index contributed by atoms with van der Waals surface area (Å²) in [7, 11) is 0. The van der Waals surface area contributed by atoms with Crippen molar-refractivity contribution >= 4 is 5.97 Å². The Labute approximate surface area is 198 Å². The van der Waals surface area contributed by atoms with E-state index < -0.39 is 23.1 Å². The summed E-state index contributed by atoms with van der Waals surface area (Å²) in [5.41, 5.74) is 0.736. The van der Waals surface area contributed by atoms with Crippen LogP contribution in [0.3, 0.4) is 0 Å². The van der Waals surface area contributed by atoms with Crippen LogP contribution >= 0.6 is 0 Å². The lowest BCUT2D eigenvalue weighted by Gasteiger charge is -2.54. The molecule has 0 saturated carbocycles. The maximum absolute atomic E-state index is 13.4. The number of fused-ring (bicyclic) bond motifs is 1. The minimum absolute atomic E-state index is 0.101. The molecule has 4 atom stereocenters. The summed E-state index contributed by atoms with van der Waals surface area (Å²) in [6, 6.07) is 13.3. The van der Waals surface area contributed by atoms with Gasteiger partial charge >= 0.3 is 5.97 Å². The van der Waals surface area contributed by atoms with Crippen molar-refractivity contribution in [1.29, 1.82) is 0 Å². The first-order chi connectivity index (χ1) is 15.6. The number of benzene rings is 2. The van der Waals surface area contributed by atoms with Gasteiger partial charge in [-0.2, -0.15) is 0 Å². The predicted octanol–water partition coefficient (Wildman–Crippen LogP) is 5.55. The summed E-state index contributed by atoms with van der Waals surface area (Å²) in [5, 5.41) is 24.3. The van der Waals surface area contributed by atoms with Gasteiger partial charge in [0, 0.05) is 6.42 Å². The molecular weight excluding hydrogens is 412 g/mol. The lowest BCUT2D eigenvalue weighted by Crippen LogP contribution is -2.57. The fourth-order valence-corrected chi connectivity index (χ4v) is 5.64. The molecule has 0 fully saturated rings. The summed E-state index contributed by atoms with van der Waals surface area (Å²) in [6.07, 6.45) is 4.32. The van der Waals surface area contributed by atoms with E-state index in [4.69, 9.17) is 4.74 Å². The van der Waals surface area contributed by atoms with Gasteiger partial charge in [-0.1, -0.05) is 96.3 Å². The highest BCUT2D eigenvalue weighted by atomic mass is 16.5. The average Bonchev–Trinajstić information content (AvgIpc) is 2.80. The average molecular weight is 451 g/mol. The Morgan fingerprint density at radius 1 is 1.06 bits per heavy atom. The normalized spacial score (nSPS) is 26.5. The molecule has 33 heavy (non-hydrogen) atoms. The zero-order chi connectivity index (χ0) is 24.0. The number of esters is 1. The van der Waals surface area contributed by atoms with E-state index in [1.54, 1.807) is 0 Å². The molecule has 0 spiro atoms. The number of unbranched alkanes of at least 4 members (excludes halogenated alkanes) is 1. The second-order valence-corrected chi connectivity index (χ2v) is 11.0. The van der Waals surface area contributed by atoms with Crippen LogP contribution in [0.1, 0.15) is 94.5 Å². The lowest BCUT2D eigenvalue weighted by atomic mass is 9.54. The lowest BCUT2D eigenvalue weighted by molar-refractivity contribution is -0.168. The van der Waals surface area contributed by atoms with Crippen LogP contribution in [0.2, 0.25) is 0 Å². The molecule has 4 heteroatoms. The Balaban J connectivity index is 1.74. The molecule has 2 aromatic rings. The van der Waals surface area contributed by atoms with Gasteiger partial charge in [-0.05, 0) is 45.6 Å². The van der Waals surface area contributed by atoms with Crippen molar-refractivity contribution in [1.82, 2.24) is 0 Å². The highest BCUT2D eigenvalue weighted by Gasteiger charge is 2.62. The Bertz CT molecular complexity index is 1040. The van der Waals surface area contributed by atoms with Crippen LogP contribution < -0.4 is 0 Å². The van der Waals surface area contributed by atoms with Gasteiger partial charge < -0.3 is 14.9 Å². The van der Waals surface area contributed by atoms with E-state index in [1.807, 2.05) is 42.5 Å². The molecule has 2 N–H and O–H groups in total. The Kier molecular flexibility index (Phi) is 6.22. The zero-order valence-electron chi connectivity index (χ0n) is 20.6. The van der Waals surface area contributed by atoms with Crippen molar-refractivity contribution in [2.24, 2.45) is 11.8 Å². The van der Waals surface area contributed by atoms with Gasteiger partial charge in [0.15, 0.2) is 0 Å². The predicted molar refractivity (Wildman–Crippen MR) is 130 cm³/mol. The zero-order valence-corrected chi connectivity index (χ0v) is 20.6. The smallest absolute Gasteiger partial charge is 0.312 e. The second kappa shape index (κ2) is 8.56. The van der Waals surface area contributed by atoms with Crippen molar-refractivity contribution in [2.45, 2.75) is 83.3 Å². The maximum Gasteiger partial charge on any atom is 0.312 e. The van der Waals surface area contributed by atoms with E-state index in [9.17, 15) is 15.0 Å². The van der Waals surface area contributed by atoms with E-state index in [1.165, 1.54) is 0 Å². The van der Waals surface area contributed by atoms with Gasteiger partial charge in [0.25, 0.3) is 0 Å². The molecule has 4 unspecified atom stereocenters. The van der Waals surface area contributed by atoms with Gasteiger partial charge in [0.2, 0.25) is 0 Å². The molecule has 3 aliphatic carbocycles. The first kappa shape index (κ1) is 24.0. The molecule has 3 aliphatic rings. The van der Waals surface area contributed by atoms with Crippen LogP contribution in [0.5, 0.6) is 0 Å². The fourth-order valence-electron chi connectivity index (χ4n) is 5.64. The van der Waals surface area contributed by atoms with Crippen molar-refractivity contribution in [3.63, 3.8) is 0 Å². The van der Waals surface area contributed by atoms with Gasteiger partial charge in [-0.25, -0.2) is 0 Å². The maximum atomic E-state index is 13.4. The highest BCUT2D eigenvalue weighted by Crippen LogP contribution is 2.60. The minimum Gasteiger partial charge on any atom is -0.465 e. The number of hydrogen-bond acceptors (Lipinski definition) is 4. The van der Waals surface area contributed by atoms with Crippen LogP contribution in [0.25, 0.3) is 0 Å². The summed E-state index contributed by atoms with van der Waals surface area (Å²) in [5.74, 6) is -0.957. The summed E-state index contributed by atoms with van der Waals surface area (Å²) in [4.78, 5) is 13.4. The number of ether oxygens (including phenoxy) is 1. The third kappa shape index (κ3) is 3.81. The first-order valence-electron chi connectivity index (χ1n) is 12.4. The van der Waals surface area contributed by atoms with Gasteiger partial charge in [0.05, 0.1) is 12.5 Å². The first-order valence-corrected chi connectivity index (χ1v) is 12.4. The van der Waals surface area contributed by atoms with E-state index in [2.05, 4.69) is 34.6 Å². The Morgan fingerprint density at radius 3 is 2.36 bits per heavy atom. The van der Waals surface area contributed by atoms with Crippen LogP contribution in [-0.2, 0) is 26.1 Å². The number of aliphatic hydroxyl groups is 2. The molecule has 0 aromatic heterocycles. The van der Waals surface area contributed by atoms with Crippen molar-refractivity contribution < 1.29 is 19.7 Å². The molecule has 0 heterocycles. The summed E-state index contributed by atoms with van der Waals surface area (Å²) in [6.45, 7) is 11.0. The number of rotatable bonds is 7. The van der Waals surface area contributed by atoms with Crippen molar-refractivity contribution in [2.75, 3.05) is 6.61 Å². The van der Waals surface area contributed by atoms with Crippen LogP contribution in [0.4, 0.5) is 0 Å². The SMILES string of the molecule is CCCCC(CC)COC(=O)C1CC2(O)c3ccccc3C1(O)c1ccc(C(C)(C)C)cc12. The van der Waals surface area contributed by atoms with E-state index >= 15 is 0 Å². The monoisotopic (exact) mass is 450 g/mol. The third-order valence-corrected chi connectivity index (χ3v) is 7.82. The third-order valence-electron chi connectivity index (χ3n) is 7.82. The van der Waals surface area contributed by atoms with Crippen LogP contribution in [0.15, 0.2) is 42.5 Å². The van der Waals surface area contributed by atoms with Crippen LogP contribution in [-0.4, -0.2) is 22.8 Å². The Morgan fingerprint density at radius 2 is 1.73 bits per heavy atom. The topological polar surface area (TPSA) is 66.8 Å². The van der Waals surface area contributed by atoms with E-state index in [0.717, 1.165) is 31.2 Å². The fraction of sp³-hybridized carbons (Fsp3) is 0.552. The molecule has 4 nitrogen and oxygen atoms in total. The van der Waals surface area contributed by atoms with Gasteiger partial charge in [0.1, 0.15) is 11.2 Å². The molecule has 5 rings (SSSR count). The molecule has 178 valence electrons. The standard InChI is InChI=1S/C29H38O4/c1-6-8-11-19(7-2)18-33-26(30)25-17-28(31)21-12-9-10-13-22(21)29(25,32)23-15-14-20(16-24(23)28)27(3,4)5/h9-10,12-16,19,25,31-32H,6-8,11,17-18H2,1-5H3. The summed E-state index contributed by atoms with van der Waals surface area (Å²) < 4.78 is 5.79. The summed E-state index contributed by atoms with van der Waals surface area (Å²) >= 11 is 0. The number of hydrogen-bond donors (Lipinski definition) is 2. The Hall–Kier alpha value is -2.17. The quantitative estimate of drug-likeness (QED) is 0.543. The van der Waals surface area contributed by atoms with E-state index in [-0.39, 0.29) is 11.8 Å². The highest BCUT2D eigenvalue weighted by molar-refractivity contribution is 5.79. The number of carbonyl (C=O) groups is 1. The van der Waals surface area contributed by atoms with Gasteiger partial charge in [-0.3, -0.25) is 4.79 Å². The molecular formula is C29H38O4. The molecule has 2 aromatic carbocycles. The molecule has 0 saturated heterocycles. The van der Waals surface area contributed by atoms with Crippen molar-refractivity contribution in [3.8, 4) is 0 Å². The molecule has 0 radical (unpaired) electrons. The largest absolute Gasteiger partial charge is 0.465 e. The van der Waals surface area contributed by atoms with E-state index in [0.29, 0.717) is 34.8 Å². The van der Waals surface area contributed by atoms with Crippen molar-refractivity contribution in [3.05, 3.63) is 70.3 Å². The molecule has 0 amide bonds.